The molecule has 188 valence electrons. The fourth-order valence-electron chi connectivity index (χ4n) is 5.21. The number of aromatic hydroxyl groups is 1. The average molecular weight is 499 g/mol. The topological polar surface area (TPSA) is 53.4 Å². The summed E-state index contributed by atoms with van der Waals surface area (Å²) in [5, 5.41) is 11.0. The Morgan fingerprint density at radius 2 is 1.39 bits per heavy atom. The van der Waals surface area contributed by atoms with E-state index in [4.69, 9.17) is 0 Å². The van der Waals surface area contributed by atoms with E-state index >= 15 is 0 Å². The number of hydrogen-bond donors (Lipinski definition) is 1. The maximum absolute atomic E-state index is 13.0. The largest absolute Gasteiger partial charge is 0.508 e. The molecule has 1 unspecified atom stereocenters. The van der Waals surface area contributed by atoms with Crippen molar-refractivity contribution in [3.05, 3.63) is 150 Å². The van der Waals surface area contributed by atoms with Crippen LogP contribution in [0.3, 0.4) is 0 Å². The van der Waals surface area contributed by atoms with Crippen molar-refractivity contribution in [2.45, 2.75) is 18.4 Å². The van der Waals surface area contributed by atoms with Gasteiger partial charge >= 0.3 is 0 Å². The van der Waals surface area contributed by atoms with Gasteiger partial charge in [-0.3, -0.25) is 4.98 Å². The van der Waals surface area contributed by atoms with Crippen molar-refractivity contribution in [1.29, 1.82) is 0 Å². The van der Waals surface area contributed by atoms with Gasteiger partial charge in [-0.25, -0.2) is 0 Å². The fraction of sp³-hybridized carbons (Fsp3) is 0.118. The van der Waals surface area contributed by atoms with E-state index in [1.54, 1.807) is 18.5 Å². The number of phenols is 1. The first-order valence-corrected chi connectivity index (χ1v) is 12.7. The van der Waals surface area contributed by atoms with Crippen LogP contribution in [0.4, 0.5) is 5.69 Å². The van der Waals surface area contributed by atoms with Gasteiger partial charge in [-0.2, -0.15) is 0 Å². The highest BCUT2D eigenvalue weighted by Gasteiger charge is 2.35. The molecule has 4 nitrogen and oxygen atoms in total. The van der Waals surface area contributed by atoms with Crippen LogP contribution in [0.2, 0.25) is 0 Å². The molecule has 0 fully saturated rings. The van der Waals surface area contributed by atoms with E-state index in [2.05, 4.69) is 41.2 Å². The lowest BCUT2D eigenvalue weighted by Crippen LogP contribution is -2.32. The van der Waals surface area contributed by atoms with Crippen LogP contribution in [0.1, 0.15) is 35.2 Å². The summed E-state index contributed by atoms with van der Waals surface area (Å²) in [4.78, 5) is 19.4. The van der Waals surface area contributed by atoms with Gasteiger partial charge in [0, 0.05) is 36.3 Å². The van der Waals surface area contributed by atoms with Gasteiger partial charge in [-0.05, 0) is 53.4 Å². The Kier molecular flexibility index (Phi) is 7.05. The second-order valence-electron chi connectivity index (χ2n) is 9.65. The Hall–Kier alpha value is -4.70. The minimum Gasteiger partial charge on any atom is -0.508 e. The van der Waals surface area contributed by atoms with Crippen LogP contribution in [0.25, 0.3) is 11.1 Å². The fourth-order valence-corrected chi connectivity index (χ4v) is 5.21. The van der Waals surface area contributed by atoms with E-state index in [0.717, 1.165) is 39.8 Å². The number of nitrogens with zero attached hydrogens (tertiary/aromatic N) is 2. The van der Waals surface area contributed by atoms with Crippen molar-refractivity contribution >= 4 is 12.0 Å². The first-order valence-electron chi connectivity index (χ1n) is 12.7. The Labute approximate surface area is 223 Å². The van der Waals surface area contributed by atoms with E-state index in [1.807, 2.05) is 91.9 Å². The summed E-state index contributed by atoms with van der Waals surface area (Å²) in [7, 11) is 2.06. The zero-order valence-electron chi connectivity index (χ0n) is 21.5. The van der Waals surface area contributed by atoms with Gasteiger partial charge in [-0.1, -0.05) is 91.0 Å². The van der Waals surface area contributed by atoms with Crippen LogP contribution >= 0.6 is 0 Å². The Morgan fingerprint density at radius 1 is 0.763 bits per heavy atom. The van der Waals surface area contributed by atoms with E-state index < -0.39 is 5.41 Å². The van der Waals surface area contributed by atoms with Gasteiger partial charge in [0.1, 0.15) is 12.0 Å². The summed E-state index contributed by atoms with van der Waals surface area (Å²) in [5.74, 6) is 0.0763. The van der Waals surface area contributed by atoms with E-state index in [-0.39, 0.29) is 11.8 Å². The number of hydrogen-bond acceptors (Lipinski definition) is 4. The van der Waals surface area contributed by atoms with Crippen LogP contribution in [0.15, 0.2) is 128 Å². The first-order chi connectivity index (χ1) is 18.5. The third kappa shape index (κ3) is 4.69. The molecule has 0 aliphatic heterocycles. The molecular weight excluding hydrogens is 468 g/mol. The lowest BCUT2D eigenvalue weighted by molar-refractivity contribution is -0.111. The molecule has 0 bridgehead atoms. The Morgan fingerprint density at radius 3 is 2.00 bits per heavy atom. The molecule has 1 atom stereocenters. The number of benzene rings is 4. The maximum atomic E-state index is 13.0. The summed E-state index contributed by atoms with van der Waals surface area (Å²) in [6.07, 6.45) is 4.44. The number of rotatable bonds is 8. The third-order valence-corrected chi connectivity index (χ3v) is 7.25. The molecule has 0 aliphatic carbocycles. The lowest BCUT2D eigenvalue weighted by atomic mass is 9.75. The molecule has 0 aliphatic rings. The molecule has 0 radical (unpaired) electrons. The number of carbonyl (C=O) groups is 1. The monoisotopic (exact) mass is 498 g/mol. The summed E-state index contributed by atoms with van der Waals surface area (Å²) in [6.45, 7) is 1.87. The molecular formula is C34H30N2O2. The molecule has 0 amide bonds. The van der Waals surface area contributed by atoms with Crippen LogP contribution < -0.4 is 4.90 Å². The van der Waals surface area contributed by atoms with Gasteiger partial charge in [0.15, 0.2) is 0 Å². The number of aromatic nitrogens is 1. The quantitative estimate of drug-likeness (QED) is 0.230. The van der Waals surface area contributed by atoms with E-state index in [9.17, 15) is 9.90 Å². The van der Waals surface area contributed by atoms with Gasteiger partial charge < -0.3 is 14.8 Å². The predicted octanol–water partition coefficient (Wildman–Crippen LogP) is 7.18. The highest BCUT2D eigenvalue weighted by atomic mass is 16.3. The summed E-state index contributed by atoms with van der Waals surface area (Å²) in [6, 6.07) is 37.8. The normalized spacial score (nSPS) is 12.6. The van der Waals surface area contributed by atoms with E-state index in [1.165, 1.54) is 0 Å². The second-order valence-corrected chi connectivity index (χ2v) is 9.65. The molecule has 0 saturated heterocycles. The van der Waals surface area contributed by atoms with Gasteiger partial charge in [0.2, 0.25) is 0 Å². The zero-order valence-corrected chi connectivity index (χ0v) is 21.5. The van der Waals surface area contributed by atoms with Crippen LogP contribution in [0, 0.1) is 0 Å². The molecule has 1 heterocycles. The minimum absolute atomic E-state index is 0.0763. The predicted molar refractivity (Wildman–Crippen MR) is 153 cm³/mol. The van der Waals surface area contributed by atoms with Crippen molar-refractivity contribution in [2.24, 2.45) is 0 Å². The molecule has 0 spiro atoms. The van der Waals surface area contributed by atoms with Crippen molar-refractivity contribution in [2.75, 3.05) is 11.9 Å². The van der Waals surface area contributed by atoms with Gasteiger partial charge in [-0.15, -0.1) is 0 Å². The summed E-state index contributed by atoms with van der Waals surface area (Å²) in [5.41, 5.74) is 5.25. The van der Waals surface area contributed by atoms with E-state index in [0.29, 0.717) is 5.56 Å². The highest BCUT2D eigenvalue weighted by molar-refractivity contribution is 5.82. The van der Waals surface area contributed by atoms with Crippen LogP contribution in [-0.4, -0.2) is 23.4 Å². The SMILES string of the molecule is CN(c1ccccc1C(C)(C=O)c1cc(-c2cccnc2)ccc1O)C(c1ccccc1)c1ccccc1. The number of anilines is 1. The molecule has 5 aromatic rings. The molecule has 4 aromatic carbocycles. The molecule has 4 heteroatoms. The number of pyridine rings is 1. The Bertz CT molecular complexity index is 1480. The summed E-state index contributed by atoms with van der Waals surface area (Å²) >= 11 is 0. The third-order valence-electron chi connectivity index (χ3n) is 7.25. The smallest absolute Gasteiger partial charge is 0.134 e. The van der Waals surface area contributed by atoms with Gasteiger partial charge in [0.05, 0.1) is 11.5 Å². The molecule has 0 saturated carbocycles. The maximum Gasteiger partial charge on any atom is 0.134 e. The average Bonchev–Trinajstić information content (AvgIpc) is 2.98. The minimum atomic E-state index is -1.11. The highest BCUT2D eigenvalue weighted by Crippen LogP contribution is 2.43. The van der Waals surface area contributed by atoms with Crippen LogP contribution in [-0.2, 0) is 10.2 Å². The van der Waals surface area contributed by atoms with Crippen molar-refractivity contribution < 1.29 is 9.90 Å². The number of aldehydes is 1. The first kappa shape index (κ1) is 25.0. The number of carbonyl (C=O) groups excluding carboxylic acids is 1. The standard InChI is InChI=1S/C34H30N2O2/c1-34(24-37,30-22-27(19-20-32(30)38)28-16-11-21-35-23-28)29-17-9-10-18-31(29)36(2)33(25-12-5-3-6-13-25)26-14-7-4-8-15-26/h3-24,33,38H,1-2H3. The molecule has 1 N–H and O–H groups in total. The summed E-state index contributed by atoms with van der Waals surface area (Å²) < 4.78 is 0. The number of phenolic OH excluding ortho intramolecular Hbond substituents is 1. The zero-order chi connectivity index (χ0) is 26.5. The van der Waals surface area contributed by atoms with Crippen molar-refractivity contribution in [3.63, 3.8) is 0 Å². The molecule has 38 heavy (non-hydrogen) atoms. The lowest BCUT2D eigenvalue weighted by Gasteiger charge is -2.36. The molecule has 5 rings (SSSR count). The van der Waals surface area contributed by atoms with Gasteiger partial charge in [0.25, 0.3) is 0 Å². The van der Waals surface area contributed by atoms with Crippen LogP contribution in [0.5, 0.6) is 5.75 Å². The molecule has 1 aromatic heterocycles. The van der Waals surface area contributed by atoms with Crippen molar-refractivity contribution in [1.82, 2.24) is 4.98 Å². The Balaban J connectivity index is 1.66. The second kappa shape index (κ2) is 10.7. The van der Waals surface area contributed by atoms with Crippen molar-refractivity contribution in [3.8, 4) is 16.9 Å². The number of para-hydroxylation sites is 1.